The summed E-state index contributed by atoms with van der Waals surface area (Å²) in [6.07, 6.45) is 0. The summed E-state index contributed by atoms with van der Waals surface area (Å²) < 4.78 is 23.8. The van der Waals surface area contributed by atoms with Crippen LogP contribution in [-0.2, 0) is 0 Å². The fourth-order valence-electron chi connectivity index (χ4n) is 1.60. The molecule has 0 radical (unpaired) electrons. The first-order valence-corrected chi connectivity index (χ1v) is 6.82. The molecule has 9 heteroatoms. The first-order chi connectivity index (χ1) is 10.6. The summed E-state index contributed by atoms with van der Waals surface area (Å²) in [5.41, 5.74) is 0.425. The normalized spacial score (nSPS) is 10.5. The Morgan fingerprint density at radius 2 is 1.82 bits per heavy atom. The van der Waals surface area contributed by atoms with Crippen molar-refractivity contribution in [2.75, 3.05) is 10.6 Å². The second-order valence-corrected chi connectivity index (χ2v) is 4.88. The third-order valence-corrected chi connectivity index (χ3v) is 2.96. The smallest absolute Gasteiger partial charge is 0.327 e. The van der Waals surface area contributed by atoms with E-state index >= 15 is 0 Å². The molecule has 7 nitrogen and oxygen atoms in total. The van der Waals surface area contributed by atoms with Crippen LogP contribution < -0.4 is 10.6 Å². The van der Waals surface area contributed by atoms with E-state index in [1.807, 2.05) is 0 Å². The maximum atomic E-state index is 12.8. The largest absolute Gasteiger partial charge is 0.444 e. The summed E-state index contributed by atoms with van der Waals surface area (Å²) in [5, 5.41) is 12.3. The number of anilines is 2. The lowest BCUT2D eigenvalue weighted by Crippen LogP contribution is -2.19. The highest BCUT2D eigenvalue weighted by Crippen LogP contribution is 2.24. The molecule has 0 bridgehead atoms. The van der Waals surface area contributed by atoms with E-state index in [0.29, 0.717) is 16.1 Å². The minimum absolute atomic E-state index is 0.0952. The minimum Gasteiger partial charge on any atom is -0.444 e. The summed E-state index contributed by atoms with van der Waals surface area (Å²) in [7, 11) is 0. The lowest BCUT2D eigenvalue weighted by molar-refractivity contribution is 0.261. The van der Waals surface area contributed by atoms with Gasteiger partial charge < -0.3 is 14.2 Å². The highest BCUT2D eigenvalue weighted by atomic mass is 79.9. The summed E-state index contributed by atoms with van der Waals surface area (Å²) in [4.78, 5) is 11.7. The second-order valence-electron chi connectivity index (χ2n) is 4.10. The van der Waals surface area contributed by atoms with Gasteiger partial charge in [-0.25, -0.2) is 9.18 Å². The maximum absolute atomic E-state index is 12.8. The molecule has 0 unspecified atom stereocenters. The van der Waals surface area contributed by atoms with Gasteiger partial charge in [-0.05, 0) is 52.3 Å². The van der Waals surface area contributed by atoms with Crippen molar-refractivity contribution in [1.82, 2.24) is 10.2 Å². The maximum Gasteiger partial charge on any atom is 0.327 e. The van der Waals surface area contributed by atoms with Gasteiger partial charge in [0.1, 0.15) is 5.82 Å². The van der Waals surface area contributed by atoms with Crippen LogP contribution in [0.3, 0.4) is 0 Å². The molecule has 0 spiro atoms. The van der Waals surface area contributed by atoms with Crippen molar-refractivity contribution in [2.45, 2.75) is 0 Å². The molecule has 0 aliphatic carbocycles. The average molecular weight is 367 g/mol. The number of carbonyl (C=O) groups is 1. The summed E-state index contributed by atoms with van der Waals surface area (Å²) in [5.74, 6) is 0.103. The van der Waals surface area contributed by atoms with E-state index < -0.39 is 11.8 Å². The zero-order valence-electron chi connectivity index (χ0n) is 10.8. The van der Waals surface area contributed by atoms with Crippen molar-refractivity contribution < 1.29 is 18.0 Å². The number of halogens is 2. The Kier molecular flexibility index (Phi) is 3.88. The zero-order valence-corrected chi connectivity index (χ0v) is 12.4. The Morgan fingerprint density at radius 1 is 1.05 bits per heavy atom. The van der Waals surface area contributed by atoms with Gasteiger partial charge in [-0.2, -0.15) is 0 Å². The number of aromatic nitrogens is 2. The number of rotatable bonds is 3. The Hall–Kier alpha value is -2.68. The molecule has 112 valence electrons. The number of nitrogens with zero attached hydrogens (tertiary/aromatic N) is 2. The molecule has 2 aromatic heterocycles. The molecule has 0 saturated carbocycles. The number of hydrogen-bond acceptors (Lipinski definition) is 5. The molecule has 22 heavy (non-hydrogen) atoms. The quantitative estimate of drug-likeness (QED) is 0.733. The number of benzene rings is 1. The molecular formula is C13H8BrFN4O3. The van der Waals surface area contributed by atoms with Crippen LogP contribution in [0.25, 0.3) is 11.7 Å². The van der Waals surface area contributed by atoms with Crippen molar-refractivity contribution >= 4 is 33.7 Å². The Balaban J connectivity index is 1.64. The summed E-state index contributed by atoms with van der Waals surface area (Å²) in [6, 6.07) is 7.94. The van der Waals surface area contributed by atoms with E-state index in [0.717, 1.165) is 0 Å². The van der Waals surface area contributed by atoms with E-state index in [1.54, 1.807) is 12.1 Å². The molecule has 2 amide bonds. The summed E-state index contributed by atoms with van der Waals surface area (Å²) in [6.45, 7) is 0. The van der Waals surface area contributed by atoms with Gasteiger partial charge in [0.05, 0.1) is 0 Å². The van der Waals surface area contributed by atoms with Crippen molar-refractivity contribution in [1.29, 1.82) is 0 Å². The van der Waals surface area contributed by atoms with Gasteiger partial charge in [-0.1, -0.05) is 5.10 Å². The molecule has 0 aliphatic heterocycles. The van der Waals surface area contributed by atoms with E-state index in [9.17, 15) is 9.18 Å². The van der Waals surface area contributed by atoms with Crippen LogP contribution in [0, 0.1) is 5.82 Å². The second kappa shape index (κ2) is 5.98. The third kappa shape index (κ3) is 3.31. The molecule has 2 N–H and O–H groups in total. The van der Waals surface area contributed by atoms with Gasteiger partial charge in [-0.3, -0.25) is 5.32 Å². The highest BCUT2D eigenvalue weighted by Gasteiger charge is 2.14. The van der Waals surface area contributed by atoms with Gasteiger partial charge in [0.25, 0.3) is 5.89 Å². The standard InChI is InChI=1S/C13H8BrFN4O3/c14-10-6-5-9(21-10)11-18-19-13(22-11)17-12(20)16-8-3-1-7(15)2-4-8/h1-6H,(H2,16,17,19,20). The van der Waals surface area contributed by atoms with E-state index in [1.165, 1.54) is 24.3 Å². The molecule has 0 saturated heterocycles. The Labute approximate surface area is 131 Å². The summed E-state index contributed by atoms with van der Waals surface area (Å²) >= 11 is 3.16. The van der Waals surface area contributed by atoms with Gasteiger partial charge >= 0.3 is 12.0 Å². The predicted octanol–water partition coefficient (Wildman–Crippen LogP) is 3.88. The number of carbonyl (C=O) groups excluding carboxylic acids is 1. The first kappa shape index (κ1) is 14.3. The SMILES string of the molecule is O=C(Nc1ccc(F)cc1)Nc1nnc(-c2ccc(Br)o2)o1. The van der Waals surface area contributed by atoms with Crippen LogP contribution >= 0.6 is 15.9 Å². The van der Waals surface area contributed by atoms with Gasteiger partial charge in [0, 0.05) is 5.69 Å². The molecule has 2 heterocycles. The van der Waals surface area contributed by atoms with Crippen LogP contribution in [0.15, 0.2) is 49.9 Å². The van der Waals surface area contributed by atoms with Crippen molar-refractivity contribution in [3.63, 3.8) is 0 Å². The first-order valence-electron chi connectivity index (χ1n) is 6.03. The van der Waals surface area contributed by atoms with Crippen LogP contribution in [0.5, 0.6) is 0 Å². The molecule has 0 fully saturated rings. The van der Waals surface area contributed by atoms with Crippen LogP contribution in [0.2, 0.25) is 0 Å². The molecule has 1 aromatic carbocycles. The Morgan fingerprint density at radius 3 is 2.50 bits per heavy atom. The van der Waals surface area contributed by atoms with Crippen molar-refractivity contribution in [3.05, 3.63) is 46.9 Å². The average Bonchev–Trinajstić information content (AvgIpc) is 3.10. The van der Waals surface area contributed by atoms with Gasteiger partial charge in [-0.15, -0.1) is 5.10 Å². The lowest BCUT2D eigenvalue weighted by atomic mass is 10.3. The van der Waals surface area contributed by atoms with Crippen LogP contribution in [0.1, 0.15) is 0 Å². The topological polar surface area (TPSA) is 93.2 Å². The molecule has 0 aliphatic rings. The monoisotopic (exact) mass is 366 g/mol. The molecule has 0 atom stereocenters. The zero-order chi connectivity index (χ0) is 15.5. The van der Waals surface area contributed by atoms with E-state index in [-0.39, 0.29) is 11.9 Å². The van der Waals surface area contributed by atoms with Crippen LogP contribution in [-0.4, -0.2) is 16.2 Å². The van der Waals surface area contributed by atoms with Crippen molar-refractivity contribution in [2.24, 2.45) is 0 Å². The van der Waals surface area contributed by atoms with Crippen molar-refractivity contribution in [3.8, 4) is 11.7 Å². The molecular weight excluding hydrogens is 359 g/mol. The minimum atomic E-state index is -0.595. The number of hydrogen-bond donors (Lipinski definition) is 2. The highest BCUT2D eigenvalue weighted by molar-refractivity contribution is 9.10. The van der Waals surface area contributed by atoms with E-state index in [2.05, 4.69) is 36.8 Å². The van der Waals surface area contributed by atoms with Crippen LogP contribution in [0.4, 0.5) is 20.9 Å². The van der Waals surface area contributed by atoms with Gasteiger partial charge in [0.2, 0.25) is 0 Å². The fraction of sp³-hybridized carbons (Fsp3) is 0. The number of amides is 2. The fourth-order valence-corrected chi connectivity index (χ4v) is 1.90. The lowest BCUT2D eigenvalue weighted by Gasteiger charge is -2.03. The number of nitrogens with one attached hydrogen (secondary N) is 2. The Bertz CT molecular complexity index is 800. The third-order valence-electron chi connectivity index (χ3n) is 2.53. The van der Waals surface area contributed by atoms with Gasteiger partial charge in [0.15, 0.2) is 10.4 Å². The molecule has 3 rings (SSSR count). The van der Waals surface area contributed by atoms with E-state index in [4.69, 9.17) is 8.83 Å². The molecule has 3 aromatic rings. The number of urea groups is 1. The predicted molar refractivity (Wildman–Crippen MR) is 78.7 cm³/mol. The number of furan rings is 1.